The molecule has 1 unspecified atom stereocenters. The van der Waals surface area contributed by atoms with Crippen LogP contribution in [0.4, 0.5) is 0 Å². The first kappa shape index (κ1) is 14.7. The first-order chi connectivity index (χ1) is 7.52. The van der Waals surface area contributed by atoms with E-state index in [9.17, 15) is 9.59 Å². The van der Waals surface area contributed by atoms with Gasteiger partial charge < -0.3 is 10.4 Å². The molecule has 1 amide bonds. The number of carbonyl (C=O) groups excluding carboxylic acids is 1. The Hall–Kier alpha value is -1.32. The molecule has 0 saturated heterocycles. The zero-order valence-electron chi connectivity index (χ0n) is 10.2. The van der Waals surface area contributed by atoms with Crippen molar-refractivity contribution in [1.82, 2.24) is 5.32 Å². The van der Waals surface area contributed by atoms with E-state index < -0.39 is 12.0 Å². The molecule has 16 heavy (non-hydrogen) atoms. The van der Waals surface area contributed by atoms with Gasteiger partial charge >= 0.3 is 5.97 Å². The van der Waals surface area contributed by atoms with Crippen LogP contribution in [0.3, 0.4) is 0 Å². The van der Waals surface area contributed by atoms with Crippen molar-refractivity contribution in [1.29, 1.82) is 0 Å². The van der Waals surface area contributed by atoms with Crippen molar-refractivity contribution in [2.75, 3.05) is 0 Å². The van der Waals surface area contributed by atoms with Gasteiger partial charge in [0.05, 0.1) is 0 Å². The van der Waals surface area contributed by atoms with Gasteiger partial charge in [0.2, 0.25) is 5.91 Å². The molecule has 0 saturated carbocycles. The smallest absolute Gasteiger partial charge is 0.326 e. The maximum atomic E-state index is 11.5. The monoisotopic (exact) mass is 227 g/mol. The van der Waals surface area contributed by atoms with Gasteiger partial charge in [-0.3, -0.25) is 4.79 Å². The maximum absolute atomic E-state index is 11.5. The third-order valence-electron chi connectivity index (χ3n) is 2.49. The number of allylic oxidation sites excluding steroid dienone is 1. The van der Waals surface area contributed by atoms with Gasteiger partial charge in [0, 0.05) is 5.57 Å². The standard InChI is InChI=1S/C12H21NO3/c1-4-6-7-8-10(12(15)16)13-11(14)9(3)5-2/h5,10H,4,6-8H2,1-3H3,(H,13,14)(H,15,16). The van der Waals surface area contributed by atoms with Crippen molar-refractivity contribution in [3.8, 4) is 0 Å². The van der Waals surface area contributed by atoms with Crippen LogP contribution in [0.25, 0.3) is 0 Å². The first-order valence-electron chi connectivity index (χ1n) is 5.69. The fourth-order valence-corrected chi connectivity index (χ4v) is 1.26. The summed E-state index contributed by atoms with van der Waals surface area (Å²) in [6.07, 6.45) is 5.01. The summed E-state index contributed by atoms with van der Waals surface area (Å²) in [5, 5.41) is 11.5. The maximum Gasteiger partial charge on any atom is 0.326 e. The lowest BCUT2D eigenvalue weighted by molar-refractivity contribution is -0.141. The van der Waals surface area contributed by atoms with Gasteiger partial charge in [-0.05, 0) is 20.3 Å². The molecule has 0 aromatic rings. The molecule has 4 heteroatoms. The second-order valence-corrected chi connectivity index (χ2v) is 3.83. The molecule has 0 spiro atoms. The van der Waals surface area contributed by atoms with E-state index in [0.717, 1.165) is 19.3 Å². The van der Waals surface area contributed by atoms with Crippen LogP contribution < -0.4 is 5.32 Å². The predicted octanol–water partition coefficient (Wildman–Crippen LogP) is 2.10. The highest BCUT2D eigenvalue weighted by molar-refractivity contribution is 5.95. The van der Waals surface area contributed by atoms with Gasteiger partial charge in [-0.2, -0.15) is 0 Å². The van der Waals surface area contributed by atoms with Crippen molar-refractivity contribution in [3.63, 3.8) is 0 Å². The van der Waals surface area contributed by atoms with Crippen molar-refractivity contribution in [3.05, 3.63) is 11.6 Å². The molecule has 0 aromatic carbocycles. The summed E-state index contributed by atoms with van der Waals surface area (Å²) >= 11 is 0. The Bertz CT molecular complexity index is 271. The molecular formula is C12H21NO3. The quantitative estimate of drug-likeness (QED) is 0.517. The molecule has 0 bridgehead atoms. The molecule has 2 N–H and O–H groups in total. The normalized spacial score (nSPS) is 13.3. The van der Waals surface area contributed by atoms with Crippen LogP contribution in [0.1, 0.15) is 46.5 Å². The third-order valence-corrected chi connectivity index (χ3v) is 2.49. The topological polar surface area (TPSA) is 66.4 Å². The highest BCUT2D eigenvalue weighted by atomic mass is 16.4. The Morgan fingerprint density at radius 3 is 2.44 bits per heavy atom. The Labute approximate surface area is 96.7 Å². The van der Waals surface area contributed by atoms with Gasteiger partial charge in [0.1, 0.15) is 6.04 Å². The minimum Gasteiger partial charge on any atom is -0.480 e. The molecule has 0 aromatic heterocycles. The van der Waals surface area contributed by atoms with Crippen LogP contribution in [-0.2, 0) is 9.59 Å². The number of rotatable bonds is 7. The molecule has 4 nitrogen and oxygen atoms in total. The van der Waals surface area contributed by atoms with Crippen LogP contribution in [0.5, 0.6) is 0 Å². The molecule has 1 atom stereocenters. The molecule has 92 valence electrons. The number of nitrogens with one attached hydrogen (secondary N) is 1. The zero-order chi connectivity index (χ0) is 12.6. The lowest BCUT2D eigenvalue weighted by Gasteiger charge is -2.14. The largest absolute Gasteiger partial charge is 0.480 e. The van der Waals surface area contributed by atoms with Gasteiger partial charge in [-0.15, -0.1) is 0 Å². The van der Waals surface area contributed by atoms with E-state index in [-0.39, 0.29) is 5.91 Å². The molecule has 0 heterocycles. The Balaban J connectivity index is 4.23. The summed E-state index contributed by atoms with van der Waals surface area (Å²) in [5.74, 6) is -1.26. The molecule has 0 fully saturated rings. The summed E-state index contributed by atoms with van der Waals surface area (Å²) in [5.41, 5.74) is 0.543. The predicted molar refractivity (Wildman–Crippen MR) is 63.1 cm³/mol. The zero-order valence-corrected chi connectivity index (χ0v) is 10.2. The highest BCUT2D eigenvalue weighted by Crippen LogP contribution is 2.05. The molecule has 0 radical (unpaired) electrons. The molecule has 0 rings (SSSR count). The third kappa shape index (κ3) is 5.53. The number of hydrogen-bond donors (Lipinski definition) is 2. The van der Waals surface area contributed by atoms with Crippen molar-refractivity contribution in [2.45, 2.75) is 52.5 Å². The van der Waals surface area contributed by atoms with Crippen LogP contribution in [-0.4, -0.2) is 23.0 Å². The van der Waals surface area contributed by atoms with E-state index >= 15 is 0 Å². The molecule has 0 aliphatic heterocycles. The number of carbonyl (C=O) groups is 2. The summed E-state index contributed by atoms with van der Waals surface area (Å²) in [6.45, 7) is 5.47. The van der Waals surface area contributed by atoms with Crippen molar-refractivity contribution >= 4 is 11.9 Å². The van der Waals surface area contributed by atoms with Crippen LogP contribution in [0, 0.1) is 0 Å². The number of aliphatic carboxylic acids is 1. The fourth-order valence-electron chi connectivity index (χ4n) is 1.26. The van der Waals surface area contributed by atoms with E-state index in [4.69, 9.17) is 5.11 Å². The number of carboxylic acid groups (broad SMARTS) is 1. The Kier molecular flexibility index (Phi) is 7.25. The minimum atomic E-state index is -0.964. The summed E-state index contributed by atoms with van der Waals surface area (Å²) in [4.78, 5) is 22.4. The number of carboxylic acids is 1. The van der Waals surface area contributed by atoms with E-state index in [0.29, 0.717) is 12.0 Å². The first-order valence-corrected chi connectivity index (χ1v) is 5.69. The average Bonchev–Trinajstić information content (AvgIpc) is 2.26. The fraction of sp³-hybridized carbons (Fsp3) is 0.667. The van der Waals surface area contributed by atoms with Crippen molar-refractivity contribution < 1.29 is 14.7 Å². The number of amides is 1. The Morgan fingerprint density at radius 1 is 1.38 bits per heavy atom. The SMILES string of the molecule is CC=C(C)C(=O)NC(CCCCC)C(=O)O. The average molecular weight is 227 g/mol. The van der Waals surface area contributed by atoms with Gasteiger partial charge in [-0.25, -0.2) is 4.79 Å². The molecular weight excluding hydrogens is 206 g/mol. The Morgan fingerprint density at radius 2 is 2.00 bits per heavy atom. The summed E-state index contributed by atoms with van der Waals surface area (Å²) < 4.78 is 0. The van der Waals surface area contributed by atoms with Gasteiger partial charge in [0.25, 0.3) is 0 Å². The second-order valence-electron chi connectivity index (χ2n) is 3.83. The van der Waals surface area contributed by atoms with Gasteiger partial charge in [-0.1, -0.05) is 32.3 Å². The van der Waals surface area contributed by atoms with Crippen LogP contribution >= 0.6 is 0 Å². The second kappa shape index (κ2) is 7.91. The highest BCUT2D eigenvalue weighted by Gasteiger charge is 2.19. The van der Waals surface area contributed by atoms with Gasteiger partial charge in [0.15, 0.2) is 0 Å². The summed E-state index contributed by atoms with van der Waals surface area (Å²) in [6, 6.07) is -0.769. The van der Waals surface area contributed by atoms with E-state index in [1.807, 2.05) is 0 Å². The van der Waals surface area contributed by atoms with Crippen molar-refractivity contribution in [2.24, 2.45) is 0 Å². The molecule has 0 aliphatic carbocycles. The van der Waals surface area contributed by atoms with Crippen LogP contribution in [0.15, 0.2) is 11.6 Å². The number of unbranched alkanes of at least 4 members (excludes halogenated alkanes) is 2. The van der Waals surface area contributed by atoms with E-state index in [2.05, 4.69) is 12.2 Å². The molecule has 0 aliphatic rings. The summed E-state index contributed by atoms with van der Waals surface area (Å²) in [7, 11) is 0. The van der Waals surface area contributed by atoms with E-state index in [1.54, 1.807) is 19.9 Å². The lowest BCUT2D eigenvalue weighted by atomic mass is 10.1. The van der Waals surface area contributed by atoms with Crippen LogP contribution in [0.2, 0.25) is 0 Å². The lowest BCUT2D eigenvalue weighted by Crippen LogP contribution is -2.41. The minimum absolute atomic E-state index is 0.300. The van der Waals surface area contributed by atoms with E-state index in [1.165, 1.54) is 0 Å². The number of hydrogen-bond acceptors (Lipinski definition) is 2.